The molecule has 2 aliphatic carbocycles. The summed E-state index contributed by atoms with van der Waals surface area (Å²) in [5.41, 5.74) is 14.7. The molecule has 182 valence electrons. The van der Waals surface area contributed by atoms with E-state index in [1.54, 1.807) is 0 Å². The maximum Gasteiger partial charge on any atom is 0.0732 e. The van der Waals surface area contributed by atoms with Crippen LogP contribution in [0.25, 0.3) is 53.6 Å². The van der Waals surface area contributed by atoms with Crippen LogP contribution in [0.2, 0.25) is 0 Å². The highest BCUT2D eigenvalue weighted by atomic mass is 32.1. The summed E-state index contributed by atoms with van der Waals surface area (Å²) >= 11 is 1.94. The van der Waals surface area contributed by atoms with E-state index in [1.807, 2.05) is 11.3 Å². The SMILES string of the molecule is Cc1ccccc1-c1cccc2c1C1(c3ccccc3-2)c2ccccc2-c2c1ccc1c2sc2ccccc21. The molecule has 1 unspecified atom stereocenters. The number of fused-ring (bicyclic) bond motifs is 14. The molecule has 1 aromatic heterocycles. The van der Waals surface area contributed by atoms with Crippen molar-refractivity contribution in [3.8, 4) is 33.4 Å². The number of benzene rings is 6. The first-order valence-electron chi connectivity index (χ1n) is 13.6. The van der Waals surface area contributed by atoms with Crippen LogP contribution in [0.3, 0.4) is 0 Å². The van der Waals surface area contributed by atoms with Crippen LogP contribution in [0, 0.1) is 6.92 Å². The van der Waals surface area contributed by atoms with E-state index in [1.165, 1.54) is 81.4 Å². The lowest BCUT2D eigenvalue weighted by molar-refractivity contribution is 0.796. The fourth-order valence-electron chi connectivity index (χ4n) is 7.56. The smallest absolute Gasteiger partial charge is 0.0732 e. The molecule has 0 aliphatic heterocycles. The Morgan fingerprint density at radius 1 is 0.462 bits per heavy atom. The largest absolute Gasteiger partial charge is 0.135 e. The molecule has 1 spiro atoms. The lowest BCUT2D eigenvalue weighted by Gasteiger charge is -2.32. The highest BCUT2D eigenvalue weighted by molar-refractivity contribution is 7.26. The first-order chi connectivity index (χ1) is 19.3. The normalized spacial score (nSPS) is 16.4. The van der Waals surface area contributed by atoms with Gasteiger partial charge in [0.25, 0.3) is 0 Å². The fraction of sp³-hybridized carbons (Fsp3) is 0.0526. The van der Waals surface area contributed by atoms with Crippen LogP contribution in [0.5, 0.6) is 0 Å². The molecule has 2 aliphatic rings. The van der Waals surface area contributed by atoms with Gasteiger partial charge in [-0.1, -0.05) is 121 Å². The van der Waals surface area contributed by atoms with Crippen molar-refractivity contribution in [2.75, 3.05) is 0 Å². The van der Waals surface area contributed by atoms with Gasteiger partial charge in [-0.25, -0.2) is 0 Å². The summed E-state index contributed by atoms with van der Waals surface area (Å²) in [6.45, 7) is 2.24. The first-order valence-corrected chi connectivity index (χ1v) is 14.4. The van der Waals surface area contributed by atoms with Crippen LogP contribution < -0.4 is 0 Å². The molecule has 0 radical (unpaired) electrons. The molecule has 1 heteroatoms. The molecule has 7 aromatic rings. The van der Waals surface area contributed by atoms with E-state index in [2.05, 4.69) is 134 Å². The summed E-state index contributed by atoms with van der Waals surface area (Å²) in [4.78, 5) is 0. The summed E-state index contributed by atoms with van der Waals surface area (Å²) in [5, 5.41) is 2.71. The number of aryl methyl sites for hydroxylation is 1. The van der Waals surface area contributed by atoms with E-state index in [0.29, 0.717) is 0 Å². The van der Waals surface area contributed by atoms with Crippen LogP contribution in [-0.4, -0.2) is 0 Å². The van der Waals surface area contributed by atoms with E-state index in [-0.39, 0.29) is 5.41 Å². The minimum Gasteiger partial charge on any atom is -0.135 e. The van der Waals surface area contributed by atoms with Gasteiger partial charge < -0.3 is 0 Å². The van der Waals surface area contributed by atoms with E-state index >= 15 is 0 Å². The van der Waals surface area contributed by atoms with Crippen LogP contribution in [0.15, 0.2) is 127 Å². The third kappa shape index (κ3) is 2.54. The van der Waals surface area contributed by atoms with Crippen molar-refractivity contribution in [3.05, 3.63) is 155 Å². The molecule has 39 heavy (non-hydrogen) atoms. The van der Waals surface area contributed by atoms with E-state index in [4.69, 9.17) is 0 Å². The van der Waals surface area contributed by atoms with Gasteiger partial charge in [0.05, 0.1) is 5.41 Å². The Hall–Kier alpha value is -4.46. The first kappa shape index (κ1) is 21.5. The zero-order valence-electron chi connectivity index (χ0n) is 21.5. The van der Waals surface area contributed by atoms with Crippen molar-refractivity contribution in [2.24, 2.45) is 0 Å². The third-order valence-electron chi connectivity index (χ3n) is 9.05. The van der Waals surface area contributed by atoms with Gasteiger partial charge in [0.2, 0.25) is 0 Å². The monoisotopic (exact) mass is 512 g/mol. The molecule has 0 N–H and O–H groups in total. The maximum absolute atomic E-state index is 2.44. The van der Waals surface area contributed by atoms with E-state index in [9.17, 15) is 0 Å². The Balaban J connectivity index is 1.51. The quantitative estimate of drug-likeness (QED) is 0.205. The average Bonchev–Trinajstić information content (AvgIpc) is 3.61. The average molecular weight is 513 g/mol. The second-order valence-electron chi connectivity index (χ2n) is 10.8. The molecular formula is C38H24S. The molecule has 0 saturated heterocycles. The van der Waals surface area contributed by atoms with E-state index in [0.717, 1.165) is 0 Å². The molecule has 1 heterocycles. The predicted molar refractivity (Wildman–Crippen MR) is 166 cm³/mol. The minimum atomic E-state index is -0.360. The fourth-order valence-corrected chi connectivity index (χ4v) is 8.83. The molecule has 9 rings (SSSR count). The number of hydrogen-bond acceptors (Lipinski definition) is 1. The molecular weight excluding hydrogens is 488 g/mol. The zero-order chi connectivity index (χ0) is 25.7. The predicted octanol–water partition coefficient (Wildman–Crippen LogP) is 10.4. The lowest BCUT2D eigenvalue weighted by atomic mass is 9.68. The van der Waals surface area contributed by atoms with Crippen molar-refractivity contribution in [3.63, 3.8) is 0 Å². The summed E-state index contributed by atoms with van der Waals surface area (Å²) in [6, 6.07) is 47.7. The van der Waals surface area contributed by atoms with Crippen LogP contribution in [0.1, 0.15) is 27.8 Å². The van der Waals surface area contributed by atoms with Crippen molar-refractivity contribution in [2.45, 2.75) is 12.3 Å². The van der Waals surface area contributed by atoms with Gasteiger partial charge >= 0.3 is 0 Å². The molecule has 6 aromatic carbocycles. The molecule has 0 fully saturated rings. The number of rotatable bonds is 1. The van der Waals surface area contributed by atoms with Gasteiger partial charge in [-0.15, -0.1) is 11.3 Å². The second-order valence-corrected chi connectivity index (χ2v) is 11.9. The van der Waals surface area contributed by atoms with Gasteiger partial charge in [-0.2, -0.15) is 0 Å². The van der Waals surface area contributed by atoms with Gasteiger partial charge in [0, 0.05) is 25.7 Å². The third-order valence-corrected chi connectivity index (χ3v) is 10.3. The Kier molecular flexibility index (Phi) is 4.16. The van der Waals surface area contributed by atoms with Crippen molar-refractivity contribution >= 4 is 31.5 Å². The maximum atomic E-state index is 2.44. The Labute approximate surface area is 231 Å². The Bertz CT molecular complexity index is 2140. The molecule has 0 nitrogen and oxygen atoms in total. The van der Waals surface area contributed by atoms with Crippen LogP contribution in [-0.2, 0) is 5.41 Å². The van der Waals surface area contributed by atoms with E-state index < -0.39 is 0 Å². The van der Waals surface area contributed by atoms with Crippen molar-refractivity contribution in [1.29, 1.82) is 0 Å². The summed E-state index contributed by atoms with van der Waals surface area (Å²) in [5.74, 6) is 0. The molecule has 0 saturated carbocycles. The number of hydrogen-bond donors (Lipinski definition) is 0. The second kappa shape index (κ2) is 7.56. The lowest BCUT2D eigenvalue weighted by Crippen LogP contribution is -2.26. The summed E-state index contributed by atoms with van der Waals surface area (Å²) in [7, 11) is 0. The summed E-state index contributed by atoms with van der Waals surface area (Å²) in [6.07, 6.45) is 0. The molecule has 0 amide bonds. The van der Waals surface area contributed by atoms with Crippen LogP contribution in [0.4, 0.5) is 0 Å². The van der Waals surface area contributed by atoms with Crippen molar-refractivity contribution in [1.82, 2.24) is 0 Å². The Morgan fingerprint density at radius 3 is 1.90 bits per heavy atom. The standard InChI is InChI=1S/C38H24S/c1-23-11-2-3-12-24(23)27-16-10-17-28-25-13-4-7-18-31(25)38(36(27)28)32-19-8-5-15-30(32)35-33(38)22-21-29-26-14-6-9-20-34(26)39-37(29)35/h2-22H,1H3. The van der Waals surface area contributed by atoms with Gasteiger partial charge in [-0.3, -0.25) is 0 Å². The topological polar surface area (TPSA) is 0 Å². The van der Waals surface area contributed by atoms with Gasteiger partial charge in [0.1, 0.15) is 0 Å². The van der Waals surface area contributed by atoms with Gasteiger partial charge in [0.15, 0.2) is 0 Å². The number of thiophene rings is 1. The van der Waals surface area contributed by atoms with Gasteiger partial charge in [-0.05, 0) is 68.6 Å². The molecule has 0 bridgehead atoms. The van der Waals surface area contributed by atoms with Crippen LogP contribution >= 0.6 is 11.3 Å². The summed E-state index contributed by atoms with van der Waals surface area (Å²) < 4.78 is 2.75. The highest BCUT2D eigenvalue weighted by Crippen LogP contribution is 2.66. The molecule has 1 atom stereocenters. The Morgan fingerprint density at radius 2 is 1.08 bits per heavy atom. The highest BCUT2D eigenvalue weighted by Gasteiger charge is 2.53. The minimum absolute atomic E-state index is 0.360. The zero-order valence-corrected chi connectivity index (χ0v) is 22.3. The van der Waals surface area contributed by atoms with Crippen molar-refractivity contribution < 1.29 is 0 Å².